The average Bonchev–Trinajstić information content (AvgIpc) is 2.81. The number of carbonyl (C=O) groups is 3. The molecule has 0 aromatic heterocycles. The highest BCUT2D eigenvalue weighted by molar-refractivity contribution is 6.21. The average molecular weight is 306 g/mol. The number of imide groups is 1. The minimum absolute atomic E-state index is 0.184. The third kappa shape index (κ3) is 2.56. The van der Waals surface area contributed by atoms with Crippen molar-refractivity contribution in [1.29, 1.82) is 5.26 Å². The van der Waals surface area contributed by atoms with Crippen molar-refractivity contribution < 1.29 is 19.2 Å². The molecule has 0 atom stereocenters. The predicted octanol–water partition coefficient (Wildman–Crippen LogP) is 2.12. The van der Waals surface area contributed by atoms with Gasteiger partial charge in [0.25, 0.3) is 11.8 Å². The summed E-state index contributed by atoms with van der Waals surface area (Å²) in [5, 5.41) is 9.08. The van der Waals surface area contributed by atoms with Gasteiger partial charge in [0.1, 0.15) is 0 Å². The van der Waals surface area contributed by atoms with E-state index < -0.39 is 17.8 Å². The van der Waals surface area contributed by atoms with Crippen molar-refractivity contribution in [1.82, 2.24) is 5.06 Å². The molecule has 0 spiro atoms. The van der Waals surface area contributed by atoms with Crippen LogP contribution in [0.25, 0.3) is 0 Å². The van der Waals surface area contributed by atoms with Gasteiger partial charge in [0, 0.05) is 0 Å². The minimum Gasteiger partial charge on any atom is -0.324 e. The van der Waals surface area contributed by atoms with Crippen LogP contribution in [0.5, 0.6) is 0 Å². The van der Waals surface area contributed by atoms with Crippen molar-refractivity contribution in [2.75, 3.05) is 0 Å². The maximum absolute atomic E-state index is 12.1. The summed E-state index contributed by atoms with van der Waals surface area (Å²) in [5.74, 6) is -2.15. The molecule has 1 aliphatic rings. The first kappa shape index (κ1) is 14.5. The lowest BCUT2D eigenvalue weighted by atomic mass is 10.1. The van der Waals surface area contributed by atoms with Crippen LogP contribution in [0.4, 0.5) is 0 Å². The number of carbonyl (C=O) groups excluding carboxylic acids is 3. The number of fused-ring (bicyclic) bond motifs is 1. The Morgan fingerprint density at radius 2 is 1.57 bits per heavy atom. The van der Waals surface area contributed by atoms with E-state index in [-0.39, 0.29) is 23.1 Å². The van der Waals surface area contributed by atoms with E-state index in [0.29, 0.717) is 5.06 Å². The summed E-state index contributed by atoms with van der Waals surface area (Å²) in [5.41, 5.74) is 1.34. The first-order chi connectivity index (χ1) is 11.1. The highest BCUT2D eigenvalue weighted by Gasteiger charge is 2.38. The fourth-order valence-corrected chi connectivity index (χ4v) is 2.24. The van der Waals surface area contributed by atoms with Crippen molar-refractivity contribution in [2.24, 2.45) is 0 Å². The van der Waals surface area contributed by atoms with Gasteiger partial charge in [0.2, 0.25) is 0 Å². The van der Waals surface area contributed by atoms with Crippen LogP contribution >= 0.6 is 0 Å². The van der Waals surface area contributed by atoms with Crippen molar-refractivity contribution in [3.63, 3.8) is 0 Å². The van der Waals surface area contributed by atoms with E-state index in [1.54, 1.807) is 24.3 Å². The molecule has 0 unspecified atom stereocenters. The Hall–Kier alpha value is -3.46. The first-order valence-corrected chi connectivity index (χ1v) is 6.78. The van der Waals surface area contributed by atoms with Crippen molar-refractivity contribution in [2.45, 2.75) is 6.42 Å². The van der Waals surface area contributed by atoms with E-state index in [9.17, 15) is 14.4 Å². The van der Waals surface area contributed by atoms with Crippen LogP contribution in [0, 0.1) is 11.3 Å². The summed E-state index contributed by atoms with van der Waals surface area (Å²) < 4.78 is 0. The largest absolute Gasteiger partial charge is 0.363 e. The molecule has 2 aromatic rings. The van der Waals surface area contributed by atoms with Crippen LogP contribution < -0.4 is 0 Å². The molecule has 112 valence electrons. The van der Waals surface area contributed by atoms with Crippen LogP contribution in [-0.2, 0) is 11.3 Å². The van der Waals surface area contributed by atoms with Crippen LogP contribution in [0.15, 0.2) is 48.5 Å². The van der Waals surface area contributed by atoms with E-state index in [1.807, 2.05) is 6.07 Å². The Kier molecular flexibility index (Phi) is 3.61. The van der Waals surface area contributed by atoms with Gasteiger partial charge in [-0.15, -0.1) is 0 Å². The van der Waals surface area contributed by atoms with E-state index in [1.165, 1.54) is 24.3 Å². The summed E-state index contributed by atoms with van der Waals surface area (Å²) in [6.45, 7) is 0. The second kappa shape index (κ2) is 5.73. The van der Waals surface area contributed by atoms with Gasteiger partial charge in [-0.25, -0.2) is 4.79 Å². The lowest BCUT2D eigenvalue weighted by molar-refractivity contribution is -0.0584. The summed E-state index contributed by atoms with van der Waals surface area (Å²) in [4.78, 5) is 41.2. The molecule has 0 fully saturated rings. The third-order valence-corrected chi connectivity index (χ3v) is 3.40. The van der Waals surface area contributed by atoms with Crippen LogP contribution in [-0.4, -0.2) is 22.8 Å². The van der Waals surface area contributed by atoms with E-state index in [0.717, 1.165) is 5.56 Å². The Morgan fingerprint density at radius 1 is 1.00 bits per heavy atom. The highest BCUT2D eigenvalue weighted by atomic mass is 16.7. The molecule has 0 saturated carbocycles. The Balaban J connectivity index is 1.78. The first-order valence-electron chi connectivity index (χ1n) is 6.78. The molecular formula is C17H10N2O4. The molecule has 6 nitrogen and oxygen atoms in total. The van der Waals surface area contributed by atoms with Gasteiger partial charge in [-0.05, 0) is 29.8 Å². The molecule has 6 heteroatoms. The fraction of sp³-hybridized carbons (Fsp3) is 0.0588. The zero-order chi connectivity index (χ0) is 16.4. The maximum Gasteiger partial charge on any atom is 0.363 e. The van der Waals surface area contributed by atoms with Gasteiger partial charge in [0.15, 0.2) is 0 Å². The van der Waals surface area contributed by atoms with E-state index in [4.69, 9.17) is 10.1 Å². The molecule has 0 bridgehead atoms. The summed E-state index contributed by atoms with van der Waals surface area (Å²) in [7, 11) is 0. The number of amides is 2. The zero-order valence-corrected chi connectivity index (χ0v) is 11.9. The molecule has 0 N–H and O–H groups in total. The monoisotopic (exact) mass is 306 g/mol. The predicted molar refractivity (Wildman–Crippen MR) is 78.1 cm³/mol. The molecule has 1 aliphatic heterocycles. The smallest absolute Gasteiger partial charge is 0.324 e. The number of rotatable bonds is 3. The number of nitrogens with zero attached hydrogens (tertiary/aromatic N) is 2. The molecule has 0 aliphatic carbocycles. The normalized spacial score (nSPS) is 12.7. The number of hydroxylamine groups is 2. The Morgan fingerprint density at radius 3 is 2.09 bits per heavy atom. The summed E-state index contributed by atoms with van der Waals surface area (Å²) in [6, 6.07) is 14.4. The van der Waals surface area contributed by atoms with Crippen LogP contribution in [0.2, 0.25) is 0 Å². The molecule has 0 radical (unpaired) electrons. The number of benzene rings is 2. The van der Waals surface area contributed by atoms with Crippen LogP contribution in [0.3, 0.4) is 0 Å². The standard InChI is InChI=1S/C17H10N2O4/c18-10-9-11-5-7-12(8-6-11)17(22)23-19-15(20)13-3-1-2-4-14(13)16(19)21/h1-8H,9H2. The molecule has 0 saturated heterocycles. The topological polar surface area (TPSA) is 87.5 Å². The second-order valence-electron chi connectivity index (χ2n) is 4.86. The molecule has 23 heavy (non-hydrogen) atoms. The zero-order valence-electron chi connectivity index (χ0n) is 11.9. The fourth-order valence-electron chi connectivity index (χ4n) is 2.24. The number of nitriles is 1. The molecule has 3 rings (SSSR count). The van der Waals surface area contributed by atoms with Gasteiger partial charge >= 0.3 is 5.97 Å². The van der Waals surface area contributed by atoms with Gasteiger partial charge < -0.3 is 4.84 Å². The van der Waals surface area contributed by atoms with Gasteiger partial charge in [-0.2, -0.15) is 5.26 Å². The van der Waals surface area contributed by atoms with Crippen molar-refractivity contribution >= 4 is 17.8 Å². The lowest BCUT2D eigenvalue weighted by Gasteiger charge is -2.12. The van der Waals surface area contributed by atoms with E-state index >= 15 is 0 Å². The second-order valence-corrected chi connectivity index (χ2v) is 4.86. The van der Waals surface area contributed by atoms with Gasteiger partial charge in [0.05, 0.1) is 29.2 Å². The number of hydrogen-bond donors (Lipinski definition) is 0. The maximum atomic E-state index is 12.1. The van der Waals surface area contributed by atoms with Crippen LogP contribution in [0.1, 0.15) is 36.6 Å². The summed E-state index contributed by atoms with van der Waals surface area (Å²) in [6.07, 6.45) is 0.230. The SMILES string of the molecule is N#CCc1ccc(C(=O)ON2C(=O)c3ccccc3C2=O)cc1. The Labute approximate surface area is 131 Å². The third-order valence-electron chi connectivity index (χ3n) is 3.40. The minimum atomic E-state index is -0.817. The lowest BCUT2D eigenvalue weighted by Crippen LogP contribution is -2.32. The van der Waals surface area contributed by atoms with Crippen molar-refractivity contribution in [3.05, 3.63) is 70.8 Å². The molecule has 2 amide bonds. The highest BCUT2D eigenvalue weighted by Crippen LogP contribution is 2.23. The van der Waals surface area contributed by atoms with Crippen molar-refractivity contribution in [3.8, 4) is 6.07 Å². The number of hydrogen-bond acceptors (Lipinski definition) is 5. The van der Waals surface area contributed by atoms with E-state index in [2.05, 4.69) is 0 Å². The molecular weight excluding hydrogens is 296 g/mol. The van der Waals surface area contributed by atoms with Gasteiger partial charge in [-0.3, -0.25) is 9.59 Å². The summed E-state index contributed by atoms with van der Waals surface area (Å²) >= 11 is 0. The molecule has 1 heterocycles. The van der Waals surface area contributed by atoms with Gasteiger partial charge in [-0.1, -0.05) is 29.3 Å². The Bertz CT molecular complexity index is 815. The molecule has 2 aromatic carbocycles. The quantitative estimate of drug-likeness (QED) is 0.810.